The maximum atomic E-state index is 15.9. The summed E-state index contributed by atoms with van der Waals surface area (Å²) in [6, 6.07) is 35.3. The van der Waals surface area contributed by atoms with Gasteiger partial charge in [-0.3, -0.25) is 19.1 Å². The number of thioether (sulfide) groups is 2. The number of nitrogens with zero attached hydrogens (tertiary/aromatic N) is 1. The lowest BCUT2D eigenvalue weighted by atomic mass is 9.79. The molecule has 0 aromatic heterocycles. The van der Waals surface area contributed by atoms with E-state index in [1.165, 1.54) is 30.7 Å². The van der Waals surface area contributed by atoms with Crippen molar-refractivity contribution in [1.29, 1.82) is 0 Å². The van der Waals surface area contributed by atoms with Crippen LogP contribution in [0.3, 0.4) is 0 Å². The number of Topliss-reactive ketones (excluding diaryl/α,β-unsaturated/α-hetero) is 1. The van der Waals surface area contributed by atoms with Crippen LogP contribution in [0.2, 0.25) is 0 Å². The number of amides is 3. The highest BCUT2D eigenvalue weighted by Gasteiger charge is 2.59. The summed E-state index contributed by atoms with van der Waals surface area (Å²) in [6.07, 6.45) is 1.32. The maximum Gasteiger partial charge on any atom is 0.407 e. The second-order valence-corrected chi connectivity index (χ2v) is 21.5. The number of fused-ring (bicyclic) bond motifs is 1. The minimum Gasteiger partial charge on any atom is -0.467 e. The summed E-state index contributed by atoms with van der Waals surface area (Å²) >= 11 is 4.04. The number of carbonyl (C=O) groups is 5. The molecule has 0 aliphatic carbocycles. The minimum atomic E-state index is -2.22. The van der Waals surface area contributed by atoms with E-state index in [2.05, 4.69) is 57.1 Å². The number of benzene rings is 4. The molecule has 0 fully saturated rings. The van der Waals surface area contributed by atoms with E-state index in [1.807, 2.05) is 85.1 Å². The van der Waals surface area contributed by atoms with Gasteiger partial charge in [-0.15, -0.1) is 11.8 Å². The van der Waals surface area contributed by atoms with Crippen LogP contribution in [0.25, 0.3) is 0 Å². The van der Waals surface area contributed by atoms with E-state index in [1.54, 1.807) is 53.4 Å². The largest absolute Gasteiger partial charge is 0.467 e. The Morgan fingerprint density at radius 2 is 1.33 bits per heavy atom. The van der Waals surface area contributed by atoms with Crippen LogP contribution in [-0.4, -0.2) is 107 Å². The van der Waals surface area contributed by atoms with Gasteiger partial charge in [0.15, 0.2) is 5.78 Å². The average molecular weight is 956 g/mol. The van der Waals surface area contributed by atoms with Crippen LogP contribution < -0.4 is 20.7 Å². The zero-order chi connectivity index (χ0) is 48.1. The molecule has 1 unspecified atom stereocenters. The lowest BCUT2D eigenvalue weighted by Gasteiger charge is -2.47. The summed E-state index contributed by atoms with van der Waals surface area (Å²) in [7, 11) is 2.83. The van der Waals surface area contributed by atoms with Gasteiger partial charge in [0.1, 0.15) is 5.60 Å². The Bertz CT molecular complexity index is 2160. The van der Waals surface area contributed by atoms with Crippen molar-refractivity contribution in [1.82, 2.24) is 25.6 Å². The molecular formula is C51H65N5O7S3. The van der Waals surface area contributed by atoms with Crippen molar-refractivity contribution < 1.29 is 33.4 Å². The van der Waals surface area contributed by atoms with E-state index >= 15 is 9.59 Å². The first kappa shape index (κ1) is 52.2. The molecule has 5 rings (SSSR count). The highest BCUT2D eigenvalue weighted by atomic mass is 32.2. The fourth-order valence-corrected chi connectivity index (χ4v) is 11.3. The smallest absolute Gasteiger partial charge is 0.407 e. The standard InChI is InChI=1S/C51H65N5O7S3/c1-35(57)55-66-49(5,6)43(52-7)44(58)50(29-30-64-9,46(60)62-8)56(45(59)42-31-36-21-19-20-22-37(36)32-53-42)33-41(54-47(61)63-48(2,3)4)34-65-51(38-23-13-10-14-24-38,39-25-15-11-16-26-39)40-27-17-12-18-28-40/h10-28,41-43,52-53H,29-34H2,1-9H3,(H,54,61)(H,55,57)/t41-,42+,43-,50?/m1/s1. The lowest BCUT2D eigenvalue weighted by molar-refractivity contribution is -0.169. The number of ether oxygens (including phenoxy) is 2. The van der Waals surface area contributed by atoms with Crippen molar-refractivity contribution in [2.45, 2.75) is 99.7 Å². The van der Waals surface area contributed by atoms with Crippen LogP contribution in [0.5, 0.6) is 0 Å². The van der Waals surface area contributed by atoms with Gasteiger partial charge in [0, 0.05) is 25.8 Å². The number of ketones is 1. The van der Waals surface area contributed by atoms with Crippen molar-refractivity contribution in [3.63, 3.8) is 0 Å². The minimum absolute atomic E-state index is 0.109. The highest BCUT2D eigenvalue weighted by molar-refractivity contribution is 8.00. The number of likely N-dealkylation sites (N-methyl/N-ethyl adjacent to an activating group) is 1. The first-order chi connectivity index (χ1) is 31.4. The molecular weight excluding hydrogens is 891 g/mol. The number of esters is 1. The molecule has 0 spiro atoms. The Kier molecular flexibility index (Phi) is 18.4. The zero-order valence-electron chi connectivity index (χ0n) is 39.5. The van der Waals surface area contributed by atoms with E-state index in [0.717, 1.165) is 39.8 Å². The molecule has 0 radical (unpaired) electrons. The van der Waals surface area contributed by atoms with Crippen LogP contribution in [-0.2, 0) is 46.4 Å². The molecule has 0 saturated heterocycles. The third-order valence-electron chi connectivity index (χ3n) is 11.6. The van der Waals surface area contributed by atoms with Crippen molar-refractivity contribution in [3.05, 3.63) is 143 Å². The van der Waals surface area contributed by atoms with Gasteiger partial charge in [0.2, 0.25) is 17.4 Å². The van der Waals surface area contributed by atoms with Crippen molar-refractivity contribution >= 4 is 65.1 Å². The summed E-state index contributed by atoms with van der Waals surface area (Å²) in [4.78, 5) is 74.3. The van der Waals surface area contributed by atoms with E-state index in [-0.39, 0.29) is 31.0 Å². The summed E-state index contributed by atoms with van der Waals surface area (Å²) in [5.41, 5.74) is 1.86. The van der Waals surface area contributed by atoms with Gasteiger partial charge >= 0.3 is 12.1 Å². The Morgan fingerprint density at radius 1 is 0.803 bits per heavy atom. The third-order valence-corrected chi connectivity index (χ3v) is 15.0. The van der Waals surface area contributed by atoms with Crippen LogP contribution in [0, 0.1) is 0 Å². The number of methoxy groups -OCH3 is 1. The second kappa shape index (κ2) is 23.3. The Labute approximate surface area is 403 Å². The van der Waals surface area contributed by atoms with Gasteiger partial charge in [-0.2, -0.15) is 11.8 Å². The summed E-state index contributed by atoms with van der Waals surface area (Å²) < 4.78 is 12.4. The maximum absolute atomic E-state index is 15.9. The molecule has 0 bridgehead atoms. The van der Waals surface area contributed by atoms with Crippen LogP contribution in [0.1, 0.15) is 75.8 Å². The molecule has 0 saturated carbocycles. The second-order valence-electron chi connectivity index (χ2n) is 17.8. The van der Waals surface area contributed by atoms with Gasteiger partial charge in [-0.05, 0) is 106 Å². The van der Waals surface area contributed by atoms with Crippen molar-refractivity contribution in [2.75, 3.05) is 38.5 Å². The molecule has 1 heterocycles. The quantitative estimate of drug-likeness (QED) is 0.0283. The predicted molar refractivity (Wildman–Crippen MR) is 268 cm³/mol. The van der Waals surface area contributed by atoms with Crippen molar-refractivity contribution in [3.8, 4) is 0 Å². The van der Waals surface area contributed by atoms with E-state index in [9.17, 15) is 14.4 Å². The summed E-state index contributed by atoms with van der Waals surface area (Å²) in [5, 5.41) is 9.65. The molecule has 354 valence electrons. The first-order valence-electron chi connectivity index (χ1n) is 22.1. The van der Waals surface area contributed by atoms with E-state index in [4.69, 9.17) is 9.47 Å². The monoisotopic (exact) mass is 955 g/mol. The third kappa shape index (κ3) is 12.4. The SMILES string of the molecule is CN[C@H](C(=O)C(CCSC)(C(=O)OC)N(C[C@H](CSC(c1ccccc1)(c1ccccc1)c1ccccc1)NC(=O)OC(C)(C)C)C(=O)[C@@H]1Cc2ccccc2CN1)C(C)(C)SNC(C)=O. The van der Waals surface area contributed by atoms with Crippen molar-refractivity contribution in [2.24, 2.45) is 0 Å². The Hall–Kier alpha value is -4.80. The molecule has 1 aliphatic rings. The number of rotatable bonds is 21. The lowest BCUT2D eigenvalue weighted by Crippen LogP contribution is -2.72. The number of alkyl carbamates (subject to hydrolysis) is 1. The molecule has 66 heavy (non-hydrogen) atoms. The van der Waals surface area contributed by atoms with Crippen LogP contribution >= 0.6 is 35.5 Å². The molecule has 12 nitrogen and oxygen atoms in total. The van der Waals surface area contributed by atoms with Crippen LogP contribution in [0.4, 0.5) is 4.79 Å². The molecule has 4 atom stereocenters. The summed E-state index contributed by atoms with van der Waals surface area (Å²) in [6.45, 7) is 10.4. The molecule has 4 aromatic carbocycles. The normalized spacial score (nSPS) is 15.8. The predicted octanol–water partition coefficient (Wildman–Crippen LogP) is 7.53. The molecule has 15 heteroatoms. The highest BCUT2D eigenvalue weighted by Crippen LogP contribution is 2.49. The number of hydrogen-bond donors (Lipinski definition) is 4. The zero-order valence-corrected chi connectivity index (χ0v) is 41.9. The van der Waals surface area contributed by atoms with E-state index < -0.39 is 62.5 Å². The number of carbonyl (C=O) groups excluding carboxylic acids is 5. The Morgan fingerprint density at radius 3 is 1.82 bits per heavy atom. The fourth-order valence-electron chi connectivity index (χ4n) is 8.50. The van der Waals surface area contributed by atoms with Crippen LogP contribution in [0.15, 0.2) is 115 Å². The average Bonchev–Trinajstić information content (AvgIpc) is 3.30. The van der Waals surface area contributed by atoms with Gasteiger partial charge in [0.25, 0.3) is 0 Å². The van der Waals surface area contributed by atoms with E-state index in [0.29, 0.717) is 12.3 Å². The Balaban J connectivity index is 1.75. The fraction of sp³-hybridized carbons (Fsp3) is 0.431. The van der Waals surface area contributed by atoms with Gasteiger partial charge in [-0.25, -0.2) is 9.59 Å². The molecule has 4 aromatic rings. The molecule has 1 aliphatic heterocycles. The number of nitrogens with one attached hydrogen (secondary N) is 4. The first-order valence-corrected chi connectivity index (χ1v) is 25.3. The topological polar surface area (TPSA) is 155 Å². The van der Waals surface area contributed by atoms with Gasteiger partial charge in [0.05, 0.1) is 34.7 Å². The molecule has 3 amide bonds. The molecule has 4 N–H and O–H groups in total. The summed E-state index contributed by atoms with van der Waals surface area (Å²) in [5.74, 6) is -1.89. The van der Waals surface area contributed by atoms with Gasteiger partial charge in [-0.1, -0.05) is 115 Å². The number of hydrogen-bond acceptors (Lipinski definition) is 12. The van der Waals surface area contributed by atoms with Gasteiger partial charge < -0.3 is 30.3 Å².